The summed E-state index contributed by atoms with van der Waals surface area (Å²) < 4.78 is 0. The molecule has 0 saturated carbocycles. The van der Waals surface area contributed by atoms with Crippen molar-refractivity contribution in [3.8, 4) is 0 Å². The molecule has 2 rings (SSSR count). The molecule has 0 unspecified atom stereocenters. The Hall–Kier alpha value is -1.59. The summed E-state index contributed by atoms with van der Waals surface area (Å²) in [5.41, 5.74) is 3.04. The number of rotatable bonds is 6. The minimum atomic E-state index is -0.541. The van der Waals surface area contributed by atoms with Crippen LogP contribution in [0.3, 0.4) is 0 Å². The van der Waals surface area contributed by atoms with Gasteiger partial charge in [0.1, 0.15) is 0 Å². The summed E-state index contributed by atoms with van der Waals surface area (Å²) in [6, 6.07) is 5.78. The number of nitrogens with zero attached hydrogens (tertiary/aromatic N) is 1. The van der Waals surface area contributed by atoms with E-state index >= 15 is 0 Å². The molecule has 1 aliphatic rings. The number of anilines is 1. The van der Waals surface area contributed by atoms with E-state index in [1.807, 2.05) is 25.1 Å². The highest BCUT2D eigenvalue weighted by Crippen LogP contribution is 2.27. The van der Waals surface area contributed by atoms with E-state index in [2.05, 4.69) is 36.3 Å². The van der Waals surface area contributed by atoms with Gasteiger partial charge in [-0.25, -0.2) is 4.79 Å². The number of aliphatic hydroxyl groups excluding tert-OH is 1. The molecular formula is C20H33N3O2. The number of amides is 2. The highest BCUT2D eigenvalue weighted by atomic mass is 16.3. The predicted molar refractivity (Wildman–Crippen MR) is 103 cm³/mol. The predicted octanol–water partition coefficient (Wildman–Crippen LogP) is 3.33. The van der Waals surface area contributed by atoms with Crippen LogP contribution in [0.25, 0.3) is 0 Å². The second-order valence-corrected chi connectivity index (χ2v) is 7.67. The van der Waals surface area contributed by atoms with E-state index < -0.39 is 6.10 Å². The number of nitrogens with one attached hydrogen (secondary N) is 2. The number of hydrogen-bond acceptors (Lipinski definition) is 3. The fourth-order valence-electron chi connectivity index (χ4n) is 3.32. The maximum atomic E-state index is 12.2. The van der Waals surface area contributed by atoms with Gasteiger partial charge < -0.3 is 20.6 Å². The summed E-state index contributed by atoms with van der Waals surface area (Å²) >= 11 is 0. The van der Waals surface area contributed by atoms with Crippen LogP contribution in [-0.4, -0.2) is 48.3 Å². The average molecular weight is 348 g/mol. The van der Waals surface area contributed by atoms with E-state index in [9.17, 15) is 9.90 Å². The summed E-state index contributed by atoms with van der Waals surface area (Å²) in [6.45, 7) is 11.4. The Morgan fingerprint density at radius 3 is 2.64 bits per heavy atom. The molecule has 1 atom stereocenters. The minimum absolute atomic E-state index is 0.262. The fraction of sp³-hybridized carbons (Fsp3) is 0.650. The van der Waals surface area contributed by atoms with Crippen LogP contribution in [0.5, 0.6) is 0 Å². The first kappa shape index (κ1) is 19.7. The van der Waals surface area contributed by atoms with E-state index in [0.29, 0.717) is 12.5 Å². The lowest BCUT2D eigenvalue weighted by molar-refractivity contribution is 0.0924. The maximum Gasteiger partial charge on any atom is 0.319 e. The van der Waals surface area contributed by atoms with Crippen molar-refractivity contribution in [3.05, 3.63) is 29.3 Å². The van der Waals surface area contributed by atoms with Gasteiger partial charge in [0.05, 0.1) is 6.10 Å². The molecule has 25 heavy (non-hydrogen) atoms. The van der Waals surface area contributed by atoms with Crippen LogP contribution in [0.15, 0.2) is 18.2 Å². The Bertz CT molecular complexity index is 566. The smallest absolute Gasteiger partial charge is 0.319 e. The van der Waals surface area contributed by atoms with Crippen LogP contribution in [0.2, 0.25) is 0 Å². The van der Waals surface area contributed by atoms with Gasteiger partial charge in [-0.15, -0.1) is 0 Å². The summed E-state index contributed by atoms with van der Waals surface area (Å²) in [7, 11) is 0. The third-order valence-corrected chi connectivity index (χ3v) is 5.01. The largest absolute Gasteiger partial charge is 0.390 e. The molecular weight excluding hydrogens is 314 g/mol. The molecule has 0 aliphatic carbocycles. The molecule has 0 bridgehead atoms. The Morgan fingerprint density at radius 1 is 1.32 bits per heavy atom. The highest BCUT2D eigenvalue weighted by molar-refractivity contribution is 5.91. The molecule has 140 valence electrons. The van der Waals surface area contributed by atoms with E-state index in [0.717, 1.165) is 35.8 Å². The topological polar surface area (TPSA) is 64.6 Å². The van der Waals surface area contributed by atoms with Crippen LogP contribution < -0.4 is 10.6 Å². The van der Waals surface area contributed by atoms with Crippen molar-refractivity contribution in [3.63, 3.8) is 0 Å². The number of urea groups is 1. The van der Waals surface area contributed by atoms with E-state index in [-0.39, 0.29) is 12.6 Å². The highest BCUT2D eigenvalue weighted by Gasteiger charge is 2.19. The molecule has 5 heteroatoms. The number of hydrogen-bond donors (Lipinski definition) is 3. The molecule has 1 fully saturated rings. The molecule has 3 N–H and O–H groups in total. The summed E-state index contributed by atoms with van der Waals surface area (Å²) in [5, 5.41) is 15.9. The minimum Gasteiger partial charge on any atom is -0.390 e. The number of piperidine rings is 1. The second kappa shape index (κ2) is 9.20. The zero-order chi connectivity index (χ0) is 18.4. The van der Waals surface area contributed by atoms with Gasteiger partial charge in [-0.3, -0.25) is 0 Å². The lowest BCUT2D eigenvalue weighted by Gasteiger charge is -2.31. The van der Waals surface area contributed by atoms with Gasteiger partial charge in [0.2, 0.25) is 0 Å². The van der Waals surface area contributed by atoms with Gasteiger partial charge in [0.25, 0.3) is 0 Å². The van der Waals surface area contributed by atoms with Crippen molar-refractivity contribution in [2.45, 2.75) is 52.6 Å². The van der Waals surface area contributed by atoms with Crippen LogP contribution in [0.4, 0.5) is 10.5 Å². The van der Waals surface area contributed by atoms with Gasteiger partial charge >= 0.3 is 6.03 Å². The summed E-state index contributed by atoms with van der Waals surface area (Å²) in [6.07, 6.45) is 1.83. The van der Waals surface area contributed by atoms with Gasteiger partial charge in [-0.1, -0.05) is 39.0 Å². The van der Waals surface area contributed by atoms with Crippen molar-refractivity contribution in [1.82, 2.24) is 10.2 Å². The Kier molecular flexibility index (Phi) is 7.26. The number of para-hydroxylation sites is 1. The number of aliphatic hydroxyl groups is 1. The molecule has 2 amide bonds. The first-order chi connectivity index (χ1) is 11.9. The van der Waals surface area contributed by atoms with Crippen molar-refractivity contribution < 1.29 is 9.90 Å². The monoisotopic (exact) mass is 347 g/mol. The number of benzene rings is 1. The standard InChI is InChI=1S/C20H33N3O2/c1-14(2)18-7-5-6-16(4)19(18)22-20(25)21-12-17(24)13-23-10-8-15(3)9-11-23/h5-7,14-15,17,24H,8-13H2,1-4H3,(H2,21,22,25)/t17-/m0/s1. The molecule has 0 spiro atoms. The molecule has 0 radical (unpaired) electrons. The van der Waals surface area contributed by atoms with Gasteiger partial charge in [0.15, 0.2) is 0 Å². The fourth-order valence-corrected chi connectivity index (χ4v) is 3.32. The summed E-state index contributed by atoms with van der Waals surface area (Å²) in [4.78, 5) is 14.5. The molecule has 1 saturated heterocycles. The Morgan fingerprint density at radius 2 is 2.00 bits per heavy atom. The molecule has 0 aromatic heterocycles. The van der Waals surface area contributed by atoms with Gasteiger partial charge in [-0.05, 0) is 55.8 Å². The lowest BCUT2D eigenvalue weighted by atomic mass is 9.98. The SMILES string of the molecule is Cc1cccc(C(C)C)c1NC(=O)NC[C@H](O)CN1CCC(C)CC1. The van der Waals surface area contributed by atoms with E-state index in [1.165, 1.54) is 12.8 Å². The summed E-state index contributed by atoms with van der Waals surface area (Å²) in [5.74, 6) is 1.11. The number of likely N-dealkylation sites (tertiary alicyclic amines) is 1. The van der Waals surface area contributed by atoms with Crippen molar-refractivity contribution >= 4 is 11.7 Å². The molecule has 1 heterocycles. The zero-order valence-corrected chi connectivity index (χ0v) is 16.0. The van der Waals surface area contributed by atoms with Crippen molar-refractivity contribution in [1.29, 1.82) is 0 Å². The van der Waals surface area contributed by atoms with Crippen LogP contribution in [-0.2, 0) is 0 Å². The van der Waals surface area contributed by atoms with Crippen molar-refractivity contribution in [2.75, 3.05) is 31.5 Å². The third kappa shape index (κ3) is 6.01. The number of β-amino-alcohol motifs (C(OH)–C–C–N with tert-alkyl or cyclic N) is 1. The van der Waals surface area contributed by atoms with Crippen molar-refractivity contribution in [2.24, 2.45) is 5.92 Å². The van der Waals surface area contributed by atoms with E-state index in [1.54, 1.807) is 0 Å². The Balaban J connectivity index is 1.81. The number of carbonyl (C=O) groups excluding carboxylic acids is 1. The molecule has 5 nitrogen and oxygen atoms in total. The normalized spacial score (nSPS) is 17.5. The second-order valence-electron chi connectivity index (χ2n) is 7.67. The number of carbonyl (C=O) groups is 1. The first-order valence-electron chi connectivity index (χ1n) is 9.41. The molecule has 1 aliphatic heterocycles. The quantitative estimate of drug-likeness (QED) is 0.739. The maximum absolute atomic E-state index is 12.2. The van der Waals surface area contributed by atoms with Gasteiger partial charge in [-0.2, -0.15) is 0 Å². The Labute approximate surface area is 151 Å². The number of aryl methyl sites for hydroxylation is 1. The third-order valence-electron chi connectivity index (χ3n) is 5.01. The van der Waals surface area contributed by atoms with E-state index in [4.69, 9.17) is 0 Å². The molecule has 1 aromatic carbocycles. The molecule has 1 aromatic rings. The van der Waals surface area contributed by atoms with Crippen LogP contribution in [0, 0.1) is 12.8 Å². The first-order valence-corrected chi connectivity index (χ1v) is 9.41. The van der Waals surface area contributed by atoms with Crippen LogP contribution in [0.1, 0.15) is 50.7 Å². The zero-order valence-electron chi connectivity index (χ0n) is 16.0. The van der Waals surface area contributed by atoms with Gasteiger partial charge in [0, 0.05) is 18.8 Å². The average Bonchev–Trinajstić information content (AvgIpc) is 2.56. The lowest BCUT2D eigenvalue weighted by Crippen LogP contribution is -2.43. The van der Waals surface area contributed by atoms with Crippen LogP contribution >= 0.6 is 0 Å².